The number of hydrogen-bond acceptors (Lipinski definition) is 4. The summed E-state index contributed by atoms with van der Waals surface area (Å²) in [5, 5.41) is 5.09. The molecule has 0 saturated carbocycles. The highest BCUT2D eigenvalue weighted by Crippen LogP contribution is 2.57. The van der Waals surface area contributed by atoms with Gasteiger partial charge in [-0.25, -0.2) is 0 Å². The van der Waals surface area contributed by atoms with Crippen LogP contribution in [0.3, 0.4) is 0 Å². The van der Waals surface area contributed by atoms with Crippen molar-refractivity contribution >= 4 is 45.9 Å². The second-order valence-corrected chi connectivity index (χ2v) is 14.8. The molecule has 4 aliphatic rings. The number of aryl methyl sites for hydroxylation is 4. The van der Waals surface area contributed by atoms with E-state index >= 15 is 0 Å². The molecule has 0 spiro atoms. The number of fused-ring (bicyclic) bond motifs is 3. The molecule has 5 aromatic carbocycles. The summed E-state index contributed by atoms with van der Waals surface area (Å²) >= 11 is 0. The topological polar surface area (TPSA) is 30.9 Å². The summed E-state index contributed by atoms with van der Waals surface area (Å²) in [6.45, 7) is 8.53. The molecule has 0 amide bonds. The Morgan fingerprint density at radius 2 is 1.23 bits per heavy atom. The van der Waals surface area contributed by atoms with Crippen molar-refractivity contribution in [3.05, 3.63) is 101 Å². The first-order chi connectivity index (χ1) is 19.0. The number of ether oxygens (including phenoxy) is 3. The second kappa shape index (κ2) is 6.93. The molecule has 4 nitrogen and oxygen atoms in total. The molecule has 0 N–H and O–H groups in total. The zero-order valence-corrected chi connectivity index (χ0v) is 23.2. The Bertz CT molecular complexity index is 1930. The number of anilines is 3. The van der Waals surface area contributed by atoms with Crippen molar-refractivity contribution in [3.8, 4) is 34.5 Å². The highest BCUT2D eigenvalue weighted by Gasteiger charge is 2.60. The maximum absolute atomic E-state index is 6.89. The van der Waals surface area contributed by atoms with Gasteiger partial charge in [-0.3, -0.25) is 0 Å². The van der Waals surface area contributed by atoms with Crippen molar-refractivity contribution in [1.82, 2.24) is 0 Å². The van der Waals surface area contributed by atoms with Gasteiger partial charge >= 0.3 is 0 Å². The third-order valence-corrected chi connectivity index (χ3v) is 13.6. The van der Waals surface area contributed by atoms with Gasteiger partial charge < -0.3 is 19.1 Å². The molecule has 1 atom stereocenters. The van der Waals surface area contributed by atoms with Crippen LogP contribution in [0.5, 0.6) is 34.5 Å². The SMILES string of the molecule is Cc1ccc2c(c1)Oc1cc(C)c3c4c1N2c1ccc(C)c2c1[Si]4(c1ccccc1)c1c(cc(C)cc1O3)O2. The van der Waals surface area contributed by atoms with Gasteiger partial charge in [0.1, 0.15) is 23.0 Å². The molecule has 188 valence electrons. The molecule has 4 aliphatic heterocycles. The average molecular weight is 524 g/mol. The Balaban J connectivity index is 1.55. The van der Waals surface area contributed by atoms with Gasteiger partial charge in [0, 0.05) is 15.6 Å². The fourth-order valence-electron chi connectivity index (χ4n) is 7.24. The molecule has 39 heavy (non-hydrogen) atoms. The van der Waals surface area contributed by atoms with E-state index in [0.29, 0.717) is 0 Å². The molecular weight excluding hydrogens is 498 g/mol. The zero-order chi connectivity index (χ0) is 26.2. The van der Waals surface area contributed by atoms with Crippen LogP contribution in [0.1, 0.15) is 22.3 Å². The minimum absolute atomic E-state index is 0.871. The Kier molecular flexibility index (Phi) is 3.81. The van der Waals surface area contributed by atoms with E-state index in [1.165, 1.54) is 32.0 Å². The van der Waals surface area contributed by atoms with E-state index in [1.54, 1.807) is 0 Å². The van der Waals surface area contributed by atoms with Crippen LogP contribution >= 0.6 is 0 Å². The molecule has 0 aromatic heterocycles. The van der Waals surface area contributed by atoms with Crippen LogP contribution in [0.2, 0.25) is 0 Å². The zero-order valence-electron chi connectivity index (χ0n) is 22.2. The summed E-state index contributed by atoms with van der Waals surface area (Å²) in [5.41, 5.74) is 7.84. The van der Waals surface area contributed by atoms with Crippen LogP contribution < -0.4 is 39.9 Å². The van der Waals surface area contributed by atoms with Crippen LogP contribution in [0.4, 0.5) is 17.1 Å². The normalized spacial score (nSPS) is 17.9. The maximum Gasteiger partial charge on any atom is 0.203 e. The van der Waals surface area contributed by atoms with Crippen molar-refractivity contribution < 1.29 is 14.2 Å². The van der Waals surface area contributed by atoms with E-state index in [1.807, 2.05) is 0 Å². The predicted octanol–water partition coefficient (Wildman–Crippen LogP) is 6.40. The van der Waals surface area contributed by atoms with Crippen LogP contribution in [0.25, 0.3) is 0 Å². The second-order valence-electron chi connectivity index (χ2n) is 11.2. The third-order valence-electron chi connectivity index (χ3n) is 8.74. The Hall–Kier alpha value is -4.48. The molecule has 5 heteroatoms. The fourth-order valence-corrected chi connectivity index (χ4v) is 12.9. The van der Waals surface area contributed by atoms with Crippen LogP contribution in [0.15, 0.2) is 78.9 Å². The molecular formula is C34H25NO3Si. The minimum atomic E-state index is -2.87. The van der Waals surface area contributed by atoms with Crippen LogP contribution in [0, 0.1) is 27.7 Å². The Morgan fingerprint density at radius 3 is 2.00 bits per heavy atom. The van der Waals surface area contributed by atoms with Gasteiger partial charge in [-0.15, -0.1) is 0 Å². The van der Waals surface area contributed by atoms with Crippen molar-refractivity contribution in [2.45, 2.75) is 27.7 Å². The van der Waals surface area contributed by atoms with Gasteiger partial charge in [0.15, 0.2) is 11.5 Å². The number of benzene rings is 5. The minimum Gasteiger partial charge on any atom is -0.457 e. The molecule has 5 aromatic rings. The Labute approximate surface area is 228 Å². The largest absolute Gasteiger partial charge is 0.457 e. The molecule has 0 fully saturated rings. The third kappa shape index (κ3) is 2.41. The average Bonchev–Trinajstić information content (AvgIpc) is 2.93. The number of hydrogen-bond donors (Lipinski definition) is 0. The maximum atomic E-state index is 6.89. The van der Waals surface area contributed by atoms with E-state index in [2.05, 4.69) is 111 Å². The molecule has 1 unspecified atom stereocenters. The lowest BCUT2D eigenvalue weighted by Gasteiger charge is -2.52. The number of nitrogens with zero attached hydrogens (tertiary/aromatic N) is 1. The number of rotatable bonds is 1. The summed E-state index contributed by atoms with van der Waals surface area (Å²) in [6, 6.07) is 28.5. The van der Waals surface area contributed by atoms with Crippen molar-refractivity contribution in [3.63, 3.8) is 0 Å². The van der Waals surface area contributed by atoms with Crippen molar-refractivity contribution in [1.29, 1.82) is 0 Å². The van der Waals surface area contributed by atoms with E-state index in [-0.39, 0.29) is 0 Å². The summed E-state index contributed by atoms with van der Waals surface area (Å²) in [6.07, 6.45) is 0. The van der Waals surface area contributed by atoms with E-state index in [4.69, 9.17) is 14.2 Å². The van der Waals surface area contributed by atoms with Gasteiger partial charge in [-0.1, -0.05) is 42.5 Å². The molecule has 9 rings (SSSR count). The first kappa shape index (κ1) is 21.5. The molecule has 0 aliphatic carbocycles. The lowest BCUT2D eigenvalue weighted by Crippen LogP contribution is -2.80. The Morgan fingerprint density at radius 1 is 0.538 bits per heavy atom. The van der Waals surface area contributed by atoms with E-state index < -0.39 is 8.07 Å². The highest BCUT2D eigenvalue weighted by atomic mass is 28.3. The quantitative estimate of drug-likeness (QED) is 0.233. The van der Waals surface area contributed by atoms with E-state index in [9.17, 15) is 0 Å². The van der Waals surface area contributed by atoms with Gasteiger partial charge in [0.05, 0.1) is 17.1 Å². The fraction of sp³-hybridized carbons (Fsp3) is 0.118. The lowest BCUT2D eigenvalue weighted by atomic mass is 10.0. The van der Waals surface area contributed by atoms with Gasteiger partial charge in [0.2, 0.25) is 8.07 Å². The van der Waals surface area contributed by atoms with Gasteiger partial charge in [-0.05, 0) is 91.5 Å². The van der Waals surface area contributed by atoms with Gasteiger partial charge in [-0.2, -0.15) is 0 Å². The van der Waals surface area contributed by atoms with Crippen molar-refractivity contribution in [2.75, 3.05) is 4.90 Å². The monoisotopic (exact) mass is 523 g/mol. The summed E-state index contributed by atoms with van der Waals surface area (Å²) in [4.78, 5) is 2.40. The molecule has 4 heterocycles. The lowest BCUT2D eigenvalue weighted by molar-refractivity contribution is 0.452. The van der Waals surface area contributed by atoms with Crippen molar-refractivity contribution in [2.24, 2.45) is 0 Å². The van der Waals surface area contributed by atoms with Crippen LogP contribution in [-0.4, -0.2) is 8.07 Å². The van der Waals surface area contributed by atoms with Gasteiger partial charge in [0.25, 0.3) is 0 Å². The molecule has 0 radical (unpaired) electrons. The van der Waals surface area contributed by atoms with Crippen LogP contribution in [-0.2, 0) is 0 Å². The highest BCUT2D eigenvalue weighted by molar-refractivity contribution is 7.23. The summed E-state index contributed by atoms with van der Waals surface area (Å²) in [5.74, 6) is 5.51. The smallest absolute Gasteiger partial charge is 0.203 e. The first-order valence-electron chi connectivity index (χ1n) is 13.4. The standard InChI is InChI=1S/C34H25NO3Si/c1-18-10-12-23-25(14-18)36-26-17-21(4)31-34-29(26)35(23)24-13-11-20(3)30-32(24)39(34,22-8-6-5-7-9-22)33-27(37-30)15-19(2)16-28(33)38-31/h5-17H,1-4H3. The molecule has 0 bridgehead atoms. The first-order valence-corrected chi connectivity index (χ1v) is 15.4. The summed E-state index contributed by atoms with van der Waals surface area (Å²) in [7, 11) is -2.87. The molecule has 0 saturated heterocycles. The summed E-state index contributed by atoms with van der Waals surface area (Å²) < 4.78 is 20.5. The van der Waals surface area contributed by atoms with E-state index in [0.717, 1.165) is 62.6 Å². The predicted molar refractivity (Wildman–Crippen MR) is 157 cm³/mol.